The number of hydrogen-bond donors (Lipinski definition) is 1. The van der Waals surface area contributed by atoms with Crippen LogP contribution in [0, 0.1) is 5.92 Å². The van der Waals surface area contributed by atoms with Gasteiger partial charge in [0.1, 0.15) is 0 Å². The number of hydrogen-bond acceptors (Lipinski definition) is 4. The van der Waals surface area contributed by atoms with Gasteiger partial charge in [0.05, 0.1) is 11.2 Å². The lowest BCUT2D eigenvalue weighted by Gasteiger charge is -2.51. The van der Waals surface area contributed by atoms with E-state index in [1.165, 1.54) is 19.4 Å². The largest absolute Gasteiger partial charge is 0.389 e. The summed E-state index contributed by atoms with van der Waals surface area (Å²) in [6.45, 7) is 4.80. The predicted molar refractivity (Wildman–Crippen MR) is 80.2 cm³/mol. The van der Waals surface area contributed by atoms with E-state index >= 15 is 0 Å². The third-order valence-electron chi connectivity index (χ3n) is 6.58. The summed E-state index contributed by atoms with van der Waals surface area (Å²) in [5.41, 5.74) is -0.440. The van der Waals surface area contributed by atoms with Gasteiger partial charge in [-0.05, 0) is 63.8 Å². The van der Waals surface area contributed by atoms with Crippen LogP contribution < -0.4 is 0 Å². The molecule has 0 aliphatic carbocycles. The van der Waals surface area contributed by atoms with Gasteiger partial charge in [0.25, 0.3) is 0 Å². The van der Waals surface area contributed by atoms with Crippen LogP contribution in [-0.2, 0) is 9.47 Å². The van der Waals surface area contributed by atoms with E-state index in [0.29, 0.717) is 12.0 Å². The van der Waals surface area contributed by atoms with E-state index < -0.39 is 5.60 Å². The molecule has 4 heterocycles. The lowest BCUT2D eigenvalue weighted by atomic mass is 9.68. The van der Waals surface area contributed by atoms with Crippen LogP contribution in [0.4, 0.5) is 0 Å². The number of nitrogens with zero attached hydrogens (tertiary/aromatic N) is 1. The first-order chi connectivity index (χ1) is 10.2. The average molecular weight is 295 g/mol. The minimum Gasteiger partial charge on any atom is -0.389 e. The van der Waals surface area contributed by atoms with Crippen molar-refractivity contribution in [3.63, 3.8) is 0 Å². The highest BCUT2D eigenvalue weighted by atomic mass is 16.5. The number of rotatable bonds is 1. The zero-order valence-electron chi connectivity index (χ0n) is 13.1. The first-order valence-electron chi connectivity index (χ1n) is 8.87. The Morgan fingerprint density at radius 3 is 2.67 bits per heavy atom. The van der Waals surface area contributed by atoms with Crippen LogP contribution in [0.5, 0.6) is 0 Å². The fourth-order valence-corrected chi connectivity index (χ4v) is 5.22. The Morgan fingerprint density at radius 2 is 1.81 bits per heavy atom. The van der Waals surface area contributed by atoms with Crippen LogP contribution in [0.3, 0.4) is 0 Å². The molecular weight excluding hydrogens is 266 g/mol. The second kappa shape index (κ2) is 5.48. The summed E-state index contributed by atoms with van der Waals surface area (Å²) >= 11 is 0. The zero-order chi connectivity index (χ0) is 14.3. The summed E-state index contributed by atoms with van der Waals surface area (Å²) in [7, 11) is 0. The summed E-state index contributed by atoms with van der Waals surface area (Å²) in [5.74, 6) is 0.423. The summed E-state index contributed by atoms with van der Waals surface area (Å²) in [6, 6.07) is 0.636. The molecule has 4 fully saturated rings. The summed E-state index contributed by atoms with van der Waals surface area (Å²) in [5, 5.41) is 11.3. The van der Waals surface area contributed by atoms with E-state index in [9.17, 15) is 5.11 Å². The quantitative estimate of drug-likeness (QED) is 0.803. The van der Waals surface area contributed by atoms with Crippen LogP contribution in [-0.4, -0.2) is 60.2 Å². The molecule has 3 unspecified atom stereocenters. The third-order valence-corrected chi connectivity index (χ3v) is 6.58. The summed E-state index contributed by atoms with van der Waals surface area (Å²) in [6.07, 6.45) is 8.64. The van der Waals surface area contributed by atoms with E-state index in [4.69, 9.17) is 9.47 Å². The number of ether oxygens (including phenoxy) is 2. The fraction of sp³-hybridized carbons (Fsp3) is 1.00. The van der Waals surface area contributed by atoms with Gasteiger partial charge < -0.3 is 19.5 Å². The second-order valence-corrected chi connectivity index (χ2v) is 7.72. The van der Waals surface area contributed by atoms with Crippen molar-refractivity contribution in [2.45, 2.75) is 68.6 Å². The van der Waals surface area contributed by atoms with E-state index in [2.05, 4.69) is 4.90 Å². The Morgan fingerprint density at radius 1 is 0.952 bits per heavy atom. The maximum atomic E-state index is 11.3. The molecule has 0 aromatic carbocycles. The summed E-state index contributed by atoms with van der Waals surface area (Å²) < 4.78 is 11.7. The molecule has 4 saturated heterocycles. The third kappa shape index (κ3) is 2.65. The monoisotopic (exact) mass is 295 g/mol. The van der Waals surface area contributed by atoms with Gasteiger partial charge in [0.15, 0.2) is 0 Å². The van der Waals surface area contributed by atoms with Gasteiger partial charge in [-0.3, -0.25) is 0 Å². The average Bonchev–Trinajstić information content (AvgIpc) is 2.95. The van der Waals surface area contributed by atoms with Crippen molar-refractivity contribution < 1.29 is 14.6 Å². The maximum Gasteiger partial charge on any atom is 0.0730 e. The molecule has 4 aliphatic heterocycles. The Hall–Kier alpha value is -0.160. The SMILES string of the molecule is OC1(C2CCOC3(CCOCC3)C2)CCN2CCCC2C1. The molecule has 1 spiro atoms. The van der Waals surface area contributed by atoms with Crippen molar-refractivity contribution in [1.29, 1.82) is 0 Å². The van der Waals surface area contributed by atoms with E-state index in [0.717, 1.165) is 64.9 Å². The van der Waals surface area contributed by atoms with Crippen molar-refractivity contribution in [3.8, 4) is 0 Å². The van der Waals surface area contributed by atoms with Gasteiger partial charge in [0.2, 0.25) is 0 Å². The predicted octanol–water partition coefficient (Wildman–Crippen LogP) is 1.95. The van der Waals surface area contributed by atoms with Crippen molar-refractivity contribution in [3.05, 3.63) is 0 Å². The molecule has 0 saturated carbocycles. The molecule has 4 aliphatic rings. The maximum absolute atomic E-state index is 11.3. The smallest absolute Gasteiger partial charge is 0.0730 e. The Labute approximate surface area is 127 Å². The minimum absolute atomic E-state index is 0.00368. The molecule has 0 amide bonds. The molecule has 0 aromatic heterocycles. The molecule has 0 aromatic rings. The van der Waals surface area contributed by atoms with Gasteiger partial charge >= 0.3 is 0 Å². The molecule has 120 valence electrons. The molecule has 3 atom stereocenters. The fourth-order valence-electron chi connectivity index (χ4n) is 5.22. The van der Waals surface area contributed by atoms with E-state index in [1.807, 2.05) is 0 Å². The molecule has 4 nitrogen and oxygen atoms in total. The first kappa shape index (κ1) is 14.4. The number of piperidine rings is 1. The first-order valence-corrected chi connectivity index (χ1v) is 8.87. The van der Waals surface area contributed by atoms with Crippen LogP contribution >= 0.6 is 0 Å². The number of aliphatic hydroxyl groups is 1. The molecule has 4 heteroatoms. The molecular formula is C17H29NO3. The highest BCUT2D eigenvalue weighted by Crippen LogP contribution is 2.46. The van der Waals surface area contributed by atoms with Crippen molar-refractivity contribution in [2.24, 2.45) is 5.92 Å². The molecule has 1 N–H and O–H groups in total. The van der Waals surface area contributed by atoms with Gasteiger partial charge in [-0.1, -0.05) is 0 Å². The minimum atomic E-state index is -0.444. The normalized spacial score (nSPS) is 43.9. The van der Waals surface area contributed by atoms with Gasteiger partial charge in [-0.25, -0.2) is 0 Å². The molecule has 21 heavy (non-hydrogen) atoms. The highest BCUT2D eigenvalue weighted by Gasteiger charge is 2.49. The number of fused-ring (bicyclic) bond motifs is 1. The topological polar surface area (TPSA) is 41.9 Å². The van der Waals surface area contributed by atoms with E-state index in [1.54, 1.807) is 0 Å². The molecule has 4 rings (SSSR count). The Bertz CT molecular complexity index is 377. The zero-order valence-corrected chi connectivity index (χ0v) is 13.1. The lowest BCUT2D eigenvalue weighted by molar-refractivity contribution is -0.185. The Kier molecular flexibility index (Phi) is 3.77. The molecule has 0 radical (unpaired) electrons. The Balaban J connectivity index is 1.47. The van der Waals surface area contributed by atoms with Crippen LogP contribution in [0.15, 0.2) is 0 Å². The highest BCUT2D eigenvalue weighted by molar-refractivity contribution is 5.02. The van der Waals surface area contributed by atoms with Crippen molar-refractivity contribution >= 4 is 0 Å². The summed E-state index contributed by atoms with van der Waals surface area (Å²) in [4.78, 5) is 2.60. The second-order valence-electron chi connectivity index (χ2n) is 7.72. The van der Waals surface area contributed by atoms with E-state index in [-0.39, 0.29) is 5.60 Å². The van der Waals surface area contributed by atoms with Gasteiger partial charge in [-0.2, -0.15) is 0 Å². The van der Waals surface area contributed by atoms with Gasteiger partial charge in [-0.15, -0.1) is 0 Å². The lowest BCUT2D eigenvalue weighted by Crippen LogP contribution is -2.56. The van der Waals surface area contributed by atoms with Crippen LogP contribution in [0.1, 0.15) is 51.4 Å². The van der Waals surface area contributed by atoms with Crippen LogP contribution in [0.25, 0.3) is 0 Å². The van der Waals surface area contributed by atoms with Crippen molar-refractivity contribution in [1.82, 2.24) is 4.90 Å². The van der Waals surface area contributed by atoms with Crippen LogP contribution in [0.2, 0.25) is 0 Å². The molecule has 0 bridgehead atoms. The standard InChI is InChI=1S/C17H29NO3/c19-17(4-8-18-7-1-2-15(18)13-17)14-3-9-21-16(12-14)5-10-20-11-6-16/h14-15,19H,1-13H2. The van der Waals surface area contributed by atoms with Gasteiger partial charge in [0, 0.05) is 32.4 Å². The van der Waals surface area contributed by atoms with Crippen molar-refractivity contribution in [2.75, 3.05) is 32.9 Å².